The second-order valence-corrected chi connectivity index (χ2v) is 8.09. The van der Waals surface area contributed by atoms with Crippen molar-refractivity contribution in [2.45, 2.75) is 33.1 Å². The minimum Gasteiger partial charge on any atom is -0.501 e. The third kappa shape index (κ3) is 4.34. The average Bonchev–Trinajstić information content (AvgIpc) is 2.45. The van der Waals surface area contributed by atoms with Gasteiger partial charge in [0, 0.05) is 0 Å². The van der Waals surface area contributed by atoms with Gasteiger partial charge in [-0.15, -0.1) is 0 Å². The first-order valence-electron chi connectivity index (χ1n) is 7.51. The molecule has 4 heteroatoms. The maximum atomic E-state index is 11.4. The number of rotatable bonds is 7. The molecule has 21 heavy (non-hydrogen) atoms. The molecule has 1 heterocycles. The number of sulfone groups is 1. The molecule has 0 bridgehead atoms. The van der Waals surface area contributed by atoms with E-state index in [-0.39, 0.29) is 5.41 Å². The third-order valence-electron chi connectivity index (χ3n) is 4.26. The lowest BCUT2D eigenvalue weighted by Crippen LogP contribution is -2.48. The Balaban J connectivity index is 1.73. The standard InChI is InChI=1S/C17H24O3S/c1-3-17(13-21(18,19)14-17)10-7-11-20-12-15(2)16-8-5-4-6-9-16/h4-6,8-9,12H,3,7,10-11,13-14H2,1-2H3/b15-12-. The topological polar surface area (TPSA) is 43.4 Å². The largest absolute Gasteiger partial charge is 0.501 e. The molecule has 1 aromatic rings. The van der Waals surface area contributed by atoms with Gasteiger partial charge in [-0.3, -0.25) is 0 Å². The predicted molar refractivity (Wildman–Crippen MR) is 86.7 cm³/mol. The molecular weight excluding hydrogens is 284 g/mol. The second kappa shape index (κ2) is 6.65. The first kappa shape index (κ1) is 16.1. The summed E-state index contributed by atoms with van der Waals surface area (Å²) in [5.74, 6) is 0.713. The molecule has 1 saturated heterocycles. The Bertz CT molecular complexity index is 576. The summed E-state index contributed by atoms with van der Waals surface area (Å²) in [6.45, 7) is 4.75. The van der Waals surface area contributed by atoms with Crippen molar-refractivity contribution >= 4 is 15.4 Å². The van der Waals surface area contributed by atoms with Crippen molar-refractivity contribution in [1.82, 2.24) is 0 Å². The molecule has 1 fully saturated rings. The van der Waals surface area contributed by atoms with Gasteiger partial charge in [0.25, 0.3) is 0 Å². The first-order valence-corrected chi connectivity index (χ1v) is 9.33. The van der Waals surface area contributed by atoms with Crippen LogP contribution in [0.25, 0.3) is 5.57 Å². The Hall–Kier alpha value is -1.29. The molecule has 0 N–H and O–H groups in total. The number of benzene rings is 1. The average molecular weight is 308 g/mol. The van der Waals surface area contributed by atoms with Gasteiger partial charge >= 0.3 is 0 Å². The monoisotopic (exact) mass is 308 g/mol. The summed E-state index contributed by atoms with van der Waals surface area (Å²) in [4.78, 5) is 0. The minimum absolute atomic E-state index is 0.0143. The van der Waals surface area contributed by atoms with Crippen molar-refractivity contribution in [3.05, 3.63) is 42.2 Å². The van der Waals surface area contributed by atoms with Gasteiger partial charge in [-0.05, 0) is 42.7 Å². The lowest BCUT2D eigenvalue weighted by molar-refractivity contribution is 0.206. The molecule has 0 atom stereocenters. The summed E-state index contributed by atoms with van der Waals surface area (Å²) in [6.07, 6.45) is 4.57. The second-order valence-electron chi connectivity index (χ2n) is 6.03. The van der Waals surface area contributed by atoms with Gasteiger partial charge in [-0.1, -0.05) is 37.3 Å². The van der Waals surface area contributed by atoms with Crippen LogP contribution in [-0.4, -0.2) is 26.5 Å². The Morgan fingerprint density at radius 1 is 1.29 bits per heavy atom. The summed E-state index contributed by atoms with van der Waals surface area (Å²) in [7, 11) is -2.75. The number of hydrogen-bond acceptors (Lipinski definition) is 3. The van der Waals surface area contributed by atoms with Crippen molar-refractivity contribution in [3.63, 3.8) is 0 Å². The van der Waals surface area contributed by atoms with Gasteiger partial charge in [0.05, 0.1) is 24.4 Å². The van der Waals surface area contributed by atoms with Gasteiger partial charge in [0.2, 0.25) is 0 Å². The van der Waals surface area contributed by atoms with Crippen molar-refractivity contribution in [2.24, 2.45) is 5.41 Å². The first-order chi connectivity index (χ1) is 9.96. The van der Waals surface area contributed by atoms with Crippen LogP contribution >= 0.6 is 0 Å². The van der Waals surface area contributed by atoms with Gasteiger partial charge in [0.15, 0.2) is 9.84 Å². The molecule has 3 nitrogen and oxygen atoms in total. The summed E-state index contributed by atoms with van der Waals surface area (Å²) < 4.78 is 28.3. The van der Waals surface area contributed by atoms with E-state index >= 15 is 0 Å². The van der Waals surface area contributed by atoms with E-state index in [1.54, 1.807) is 6.26 Å². The highest BCUT2D eigenvalue weighted by Gasteiger charge is 2.46. The molecule has 116 valence electrons. The lowest BCUT2D eigenvalue weighted by Gasteiger charge is -2.40. The maximum Gasteiger partial charge on any atom is 0.151 e. The minimum atomic E-state index is -2.75. The molecule has 2 rings (SSSR count). The third-order valence-corrected chi connectivity index (χ3v) is 6.37. The molecule has 0 aromatic heterocycles. The Morgan fingerprint density at radius 2 is 1.95 bits per heavy atom. The van der Waals surface area contributed by atoms with Crippen LogP contribution in [-0.2, 0) is 14.6 Å². The van der Waals surface area contributed by atoms with Crippen LogP contribution in [0.5, 0.6) is 0 Å². The predicted octanol–water partition coefficient (Wildman–Crippen LogP) is 3.67. The molecule has 1 aliphatic heterocycles. The summed E-state index contributed by atoms with van der Waals surface area (Å²) in [5.41, 5.74) is 2.28. The van der Waals surface area contributed by atoms with Crippen LogP contribution in [0.1, 0.15) is 38.7 Å². The Morgan fingerprint density at radius 3 is 2.52 bits per heavy atom. The smallest absolute Gasteiger partial charge is 0.151 e. The molecule has 0 aliphatic carbocycles. The fraction of sp³-hybridized carbons (Fsp3) is 0.529. The molecule has 0 saturated carbocycles. The van der Waals surface area contributed by atoms with E-state index in [4.69, 9.17) is 4.74 Å². The number of allylic oxidation sites excluding steroid dienone is 1. The van der Waals surface area contributed by atoms with Crippen LogP contribution < -0.4 is 0 Å². The maximum absolute atomic E-state index is 11.4. The number of ether oxygens (including phenoxy) is 1. The SMILES string of the molecule is CCC1(CCCO/C=C(/C)c2ccccc2)CS(=O)(=O)C1. The van der Waals surface area contributed by atoms with E-state index in [1.165, 1.54) is 0 Å². The Kier molecular flexibility index (Phi) is 5.09. The van der Waals surface area contributed by atoms with Crippen LogP contribution in [0.3, 0.4) is 0 Å². The van der Waals surface area contributed by atoms with E-state index in [9.17, 15) is 8.42 Å². The van der Waals surface area contributed by atoms with Gasteiger partial charge < -0.3 is 4.74 Å². The summed E-state index contributed by atoms with van der Waals surface area (Å²) in [5, 5.41) is 0. The van der Waals surface area contributed by atoms with E-state index in [1.807, 2.05) is 25.1 Å². The van der Waals surface area contributed by atoms with Gasteiger partial charge in [0.1, 0.15) is 0 Å². The van der Waals surface area contributed by atoms with Crippen LogP contribution in [0, 0.1) is 5.41 Å². The molecule has 1 aromatic carbocycles. The van der Waals surface area contributed by atoms with Crippen LogP contribution in [0.2, 0.25) is 0 Å². The normalized spacial score (nSPS) is 19.8. The molecule has 0 spiro atoms. The summed E-state index contributed by atoms with van der Waals surface area (Å²) in [6, 6.07) is 10.1. The zero-order valence-electron chi connectivity index (χ0n) is 12.8. The van der Waals surface area contributed by atoms with Crippen molar-refractivity contribution in [2.75, 3.05) is 18.1 Å². The van der Waals surface area contributed by atoms with Crippen LogP contribution in [0.15, 0.2) is 36.6 Å². The van der Waals surface area contributed by atoms with Crippen molar-refractivity contribution in [1.29, 1.82) is 0 Å². The molecule has 0 unspecified atom stereocenters. The van der Waals surface area contributed by atoms with E-state index in [0.29, 0.717) is 18.1 Å². The fourth-order valence-corrected chi connectivity index (χ4v) is 5.38. The highest BCUT2D eigenvalue weighted by molar-refractivity contribution is 7.92. The van der Waals surface area contributed by atoms with Crippen LogP contribution in [0.4, 0.5) is 0 Å². The summed E-state index contributed by atoms with van der Waals surface area (Å²) >= 11 is 0. The zero-order chi connectivity index (χ0) is 15.3. The number of hydrogen-bond donors (Lipinski definition) is 0. The van der Waals surface area contributed by atoms with Crippen molar-refractivity contribution in [3.8, 4) is 0 Å². The van der Waals surface area contributed by atoms with Gasteiger partial charge in [-0.25, -0.2) is 8.42 Å². The van der Waals surface area contributed by atoms with E-state index < -0.39 is 9.84 Å². The molecule has 0 amide bonds. The zero-order valence-corrected chi connectivity index (χ0v) is 13.7. The molecule has 0 radical (unpaired) electrons. The highest BCUT2D eigenvalue weighted by atomic mass is 32.2. The Labute approximate surface area is 127 Å². The molecule has 1 aliphatic rings. The van der Waals surface area contributed by atoms with E-state index in [0.717, 1.165) is 30.4 Å². The van der Waals surface area contributed by atoms with E-state index in [2.05, 4.69) is 19.1 Å². The quantitative estimate of drug-likeness (QED) is 0.570. The van der Waals surface area contributed by atoms with Crippen molar-refractivity contribution < 1.29 is 13.2 Å². The fourth-order valence-electron chi connectivity index (χ4n) is 2.90. The molecular formula is C17H24O3S. The lowest BCUT2D eigenvalue weighted by atomic mass is 9.84. The van der Waals surface area contributed by atoms with Gasteiger partial charge in [-0.2, -0.15) is 0 Å². The highest BCUT2D eigenvalue weighted by Crippen LogP contribution is 2.40.